The fourth-order valence-corrected chi connectivity index (χ4v) is 3.88. The molecule has 29 heavy (non-hydrogen) atoms. The van der Waals surface area contributed by atoms with Crippen LogP contribution in [-0.2, 0) is 4.79 Å². The van der Waals surface area contributed by atoms with Gasteiger partial charge in [-0.25, -0.2) is 0 Å². The molecule has 0 bridgehead atoms. The molecular weight excluding hydrogens is 366 g/mol. The standard InChI is InChI=1S/C23H25N3O3/c1-2-21(27)25-17-7-9-18(10-8-17)26-23(28)16-5-3-15(4-6-16)22-19-12-14-29-20(19)11-13-24-22/h3-6,11-14,17-18H,2,7-10H2,1H3,(H,25,27)(H,26,28)/t17-,18-. The van der Waals surface area contributed by atoms with Gasteiger partial charge in [-0.15, -0.1) is 0 Å². The van der Waals surface area contributed by atoms with E-state index in [1.807, 2.05) is 43.3 Å². The summed E-state index contributed by atoms with van der Waals surface area (Å²) < 4.78 is 5.43. The van der Waals surface area contributed by atoms with Crippen molar-refractivity contribution in [2.45, 2.75) is 51.1 Å². The topological polar surface area (TPSA) is 84.2 Å². The van der Waals surface area contributed by atoms with E-state index in [2.05, 4.69) is 15.6 Å². The predicted molar refractivity (Wildman–Crippen MR) is 111 cm³/mol. The summed E-state index contributed by atoms with van der Waals surface area (Å²) >= 11 is 0. The Bertz CT molecular complexity index is 1000. The van der Waals surface area contributed by atoms with Crippen molar-refractivity contribution in [3.63, 3.8) is 0 Å². The van der Waals surface area contributed by atoms with Gasteiger partial charge >= 0.3 is 0 Å². The Hall–Kier alpha value is -3.15. The highest BCUT2D eigenvalue weighted by Crippen LogP contribution is 2.27. The second kappa shape index (κ2) is 8.47. The Morgan fingerprint density at radius 2 is 1.69 bits per heavy atom. The van der Waals surface area contributed by atoms with E-state index in [4.69, 9.17) is 4.42 Å². The highest BCUT2D eigenvalue weighted by Gasteiger charge is 2.23. The van der Waals surface area contributed by atoms with Gasteiger partial charge in [-0.05, 0) is 49.9 Å². The first-order valence-electron chi connectivity index (χ1n) is 10.2. The van der Waals surface area contributed by atoms with Gasteiger partial charge in [-0.2, -0.15) is 0 Å². The zero-order valence-corrected chi connectivity index (χ0v) is 16.5. The van der Waals surface area contributed by atoms with Gasteiger partial charge in [0.15, 0.2) is 0 Å². The average molecular weight is 391 g/mol. The highest BCUT2D eigenvalue weighted by molar-refractivity contribution is 5.96. The van der Waals surface area contributed by atoms with Gasteiger partial charge in [0.2, 0.25) is 5.91 Å². The summed E-state index contributed by atoms with van der Waals surface area (Å²) in [4.78, 5) is 28.6. The van der Waals surface area contributed by atoms with E-state index in [9.17, 15) is 9.59 Å². The van der Waals surface area contributed by atoms with Crippen LogP contribution in [-0.4, -0.2) is 28.9 Å². The molecule has 0 spiro atoms. The first kappa shape index (κ1) is 19.2. The number of nitrogens with zero attached hydrogens (tertiary/aromatic N) is 1. The van der Waals surface area contributed by atoms with Crippen LogP contribution < -0.4 is 10.6 Å². The van der Waals surface area contributed by atoms with E-state index < -0.39 is 0 Å². The third-order valence-electron chi connectivity index (χ3n) is 5.55. The smallest absolute Gasteiger partial charge is 0.251 e. The van der Waals surface area contributed by atoms with Crippen molar-refractivity contribution in [1.82, 2.24) is 15.6 Å². The Morgan fingerprint density at radius 1 is 1.00 bits per heavy atom. The molecule has 1 aliphatic carbocycles. The molecule has 1 aliphatic rings. The summed E-state index contributed by atoms with van der Waals surface area (Å²) in [6.07, 6.45) is 7.44. The molecule has 6 heteroatoms. The van der Waals surface area contributed by atoms with E-state index in [1.165, 1.54) is 0 Å². The number of pyridine rings is 1. The first-order chi connectivity index (χ1) is 14.1. The molecule has 0 unspecified atom stereocenters. The molecule has 1 saturated carbocycles. The number of hydrogen-bond acceptors (Lipinski definition) is 4. The third kappa shape index (κ3) is 4.31. The van der Waals surface area contributed by atoms with E-state index >= 15 is 0 Å². The van der Waals surface area contributed by atoms with E-state index in [0.29, 0.717) is 12.0 Å². The van der Waals surface area contributed by atoms with E-state index in [1.54, 1.807) is 12.5 Å². The minimum atomic E-state index is -0.0629. The molecule has 2 amide bonds. The monoisotopic (exact) mass is 391 g/mol. The molecule has 0 saturated heterocycles. The van der Waals surface area contributed by atoms with Crippen LogP contribution in [0.2, 0.25) is 0 Å². The Morgan fingerprint density at radius 3 is 2.38 bits per heavy atom. The number of nitrogens with one attached hydrogen (secondary N) is 2. The van der Waals surface area contributed by atoms with E-state index in [0.717, 1.165) is 47.9 Å². The predicted octanol–water partition coefficient (Wildman–Crippen LogP) is 4.06. The molecule has 2 aromatic heterocycles. The van der Waals surface area contributed by atoms with Crippen molar-refractivity contribution < 1.29 is 14.0 Å². The van der Waals surface area contributed by atoms with Crippen molar-refractivity contribution in [1.29, 1.82) is 0 Å². The van der Waals surface area contributed by atoms with Crippen LogP contribution in [0.4, 0.5) is 0 Å². The van der Waals surface area contributed by atoms with Crippen LogP contribution in [0.1, 0.15) is 49.4 Å². The van der Waals surface area contributed by atoms with Crippen LogP contribution in [0, 0.1) is 0 Å². The number of rotatable bonds is 5. The number of hydrogen-bond donors (Lipinski definition) is 2. The maximum absolute atomic E-state index is 12.6. The molecule has 4 rings (SSSR count). The van der Waals surface area contributed by atoms with Crippen LogP contribution >= 0.6 is 0 Å². The average Bonchev–Trinajstić information content (AvgIpc) is 3.24. The lowest BCUT2D eigenvalue weighted by atomic mass is 9.91. The van der Waals surface area contributed by atoms with Gasteiger partial charge in [0.05, 0.1) is 12.0 Å². The molecule has 3 aromatic rings. The molecule has 0 radical (unpaired) electrons. The molecular formula is C23H25N3O3. The van der Waals surface area contributed by atoms with Crippen molar-refractivity contribution in [3.8, 4) is 11.3 Å². The molecule has 2 heterocycles. The van der Waals surface area contributed by atoms with Gasteiger partial charge < -0.3 is 15.1 Å². The zero-order valence-electron chi connectivity index (χ0n) is 16.5. The van der Waals surface area contributed by atoms with Gasteiger partial charge in [-0.1, -0.05) is 19.1 Å². The van der Waals surface area contributed by atoms with Crippen molar-refractivity contribution in [3.05, 3.63) is 54.4 Å². The minimum absolute atomic E-state index is 0.0629. The van der Waals surface area contributed by atoms with Crippen LogP contribution in [0.25, 0.3) is 22.2 Å². The SMILES string of the molecule is CCC(=O)N[C@H]1CC[C@H](NC(=O)c2ccc(-c3nccc4occc34)cc2)CC1. The maximum Gasteiger partial charge on any atom is 0.251 e. The van der Waals surface area contributed by atoms with Crippen molar-refractivity contribution >= 4 is 22.8 Å². The lowest BCUT2D eigenvalue weighted by Gasteiger charge is -2.29. The first-order valence-corrected chi connectivity index (χ1v) is 10.2. The number of aromatic nitrogens is 1. The molecule has 6 nitrogen and oxygen atoms in total. The molecule has 150 valence electrons. The Kier molecular flexibility index (Phi) is 5.60. The van der Waals surface area contributed by atoms with Gasteiger partial charge in [-0.3, -0.25) is 14.6 Å². The van der Waals surface area contributed by atoms with Crippen molar-refractivity contribution in [2.75, 3.05) is 0 Å². The normalized spacial score (nSPS) is 19.1. The lowest BCUT2D eigenvalue weighted by molar-refractivity contribution is -0.121. The molecule has 2 N–H and O–H groups in total. The van der Waals surface area contributed by atoms with Crippen molar-refractivity contribution in [2.24, 2.45) is 0 Å². The maximum atomic E-state index is 12.6. The Balaban J connectivity index is 1.37. The quantitative estimate of drug-likeness (QED) is 0.687. The van der Waals surface area contributed by atoms with Crippen LogP contribution in [0.5, 0.6) is 0 Å². The van der Waals surface area contributed by atoms with E-state index in [-0.39, 0.29) is 23.9 Å². The molecule has 1 aromatic carbocycles. The number of fused-ring (bicyclic) bond motifs is 1. The number of furan rings is 1. The summed E-state index contributed by atoms with van der Waals surface area (Å²) in [6, 6.07) is 11.6. The second-order valence-corrected chi connectivity index (χ2v) is 7.51. The summed E-state index contributed by atoms with van der Waals surface area (Å²) in [5.41, 5.74) is 3.22. The minimum Gasteiger partial charge on any atom is -0.464 e. The lowest BCUT2D eigenvalue weighted by Crippen LogP contribution is -2.43. The van der Waals surface area contributed by atoms with Crippen LogP contribution in [0.3, 0.4) is 0 Å². The third-order valence-corrected chi connectivity index (χ3v) is 5.55. The summed E-state index contributed by atoms with van der Waals surface area (Å²) in [7, 11) is 0. The molecule has 0 aliphatic heterocycles. The summed E-state index contributed by atoms with van der Waals surface area (Å²) in [5.74, 6) is 0.0326. The number of carbonyl (C=O) groups is 2. The largest absolute Gasteiger partial charge is 0.464 e. The fourth-order valence-electron chi connectivity index (χ4n) is 3.88. The molecule has 0 atom stereocenters. The summed E-state index contributed by atoms with van der Waals surface area (Å²) in [5, 5.41) is 7.12. The number of amides is 2. The molecule has 1 fully saturated rings. The number of benzene rings is 1. The van der Waals surface area contributed by atoms with Gasteiger partial charge in [0.1, 0.15) is 5.58 Å². The highest BCUT2D eigenvalue weighted by atomic mass is 16.3. The van der Waals surface area contributed by atoms with Gasteiger partial charge in [0, 0.05) is 41.2 Å². The van der Waals surface area contributed by atoms with Gasteiger partial charge in [0.25, 0.3) is 5.91 Å². The summed E-state index contributed by atoms with van der Waals surface area (Å²) in [6.45, 7) is 1.86. The number of carbonyl (C=O) groups excluding carboxylic acids is 2. The van der Waals surface area contributed by atoms with Crippen LogP contribution in [0.15, 0.2) is 53.3 Å². The fraction of sp³-hybridized carbons (Fsp3) is 0.348. The second-order valence-electron chi connectivity index (χ2n) is 7.51. The Labute approximate surface area is 169 Å². The zero-order chi connectivity index (χ0) is 20.2.